The van der Waals surface area contributed by atoms with Crippen LogP contribution in [0.15, 0.2) is 33.5 Å². The molecule has 0 spiro atoms. The van der Waals surface area contributed by atoms with E-state index in [0.29, 0.717) is 6.42 Å². The molecule has 2 unspecified atom stereocenters. The second-order valence-electron chi connectivity index (χ2n) is 4.59. The highest BCUT2D eigenvalue weighted by atomic mass is 32.2. The van der Waals surface area contributed by atoms with E-state index in [1.807, 2.05) is 0 Å². The van der Waals surface area contributed by atoms with Crippen LogP contribution in [0.4, 0.5) is 17.6 Å². The van der Waals surface area contributed by atoms with Crippen LogP contribution < -0.4 is 5.32 Å². The monoisotopic (exact) mass is 340 g/mol. The van der Waals surface area contributed by atoms with E-state index < -0.39 is 38.4 Å². The zero-order chi connectivity index (χ0) is 17.0. The molecule has 0 saturated carbocycles. The first kappa shape index (κ1) is 18.4. The summed E-state index contributed by atoms with van der Waals surface area (Å²) in [5.41, 5.74) is -5.17. The molecule has 0 radical (unpaired) electrons. The predicted octanol–water partition coefficient (Wildman–Crippen LogP) is 3.09. The van der Waals surface area contributed by atoms with Crippen LogP contribution in [-0.2, 0) is 14.5 Å². The second-order valence-corrected chi connectivity index (χ2v) is 6.83. The Morgan fingerprint density at radius 3 is 2.32 bits per heavy atom. The number of nitrogens with one attached hydrogen (secondary N) is 1. The summed E-state index contributed by atoms with van der Waals surface area (Å²) in [6.45, 7) is 2.58. The van der Waals surface area contributed by atoms with E-state index in [1.165, 1.54) is 0 Å². The Morgan fingerprint density at radius 1 is 1.32 bits per heavy atom. The van der Waals surface area contributed by atoms with Crippen molar-refractivity contribution in [1.29, 1.82) is 0 Å². The number of benzene rings is 1. The maximum absolute atomic E-state index is 13.1. The first-order valence-electron chi connectivity index (χ1n) is 6.44. The number of hydrogen-bond donors (Lipinski definition) is 1. The van der Waals surface area contributed by atoms with Gasteiger partial charge in [0.1, 0.15) is 12.4 Å². The molecule has 2 atom stereocenters. The lowest BCUT2D eigenvalue weighted by Gasteiger charge is -2.15. The molecule has 1 aromatic carbocycles. The van der Waals surface area contributed by atoms with Crippen molar-refractivity contribution < 1.29 is 26.6 Å². The van der Waals surface area contributed by atoms with E-state index in [1.54, 1.807) is 13.8 Å². The maximum atomic E-state index is 13.1. The Bertz CT molecular complexity index is 634. The third kappa shape index (κ3) is 4.43. The van der Waals surface area contributed by atoms with Crippen molar-refractivity contribution in [3.05, 3.63) is 30.1 Å². The smallest absolute Gasteiger partial charge is 0.352 e. The van der Waals surface area contributed by atoms with Gasteiger partial charge in [0.05, 0.1) is 4.90 Å². The topological polar surface area (TPSA) is 58.5 Å². The largest absolute Gasteiger partial charge is 0.483 e. The highest BCUT2D eigenvalue weighted by Gasteiger charge is 2.44. The molecule has 9 heteroatoms. The van der Waals surface area contributed by atoms with E-state index in [9.17, 15) is 26.6 Å². The Morgan fingerprint density at radius 2 is 1.86 bits per heavy atom. The third-order valence-corrected chi connectivity index (χ3v) is 4.89. The van der Waals surface area contributed by atoms with E-state index >= 15 is 0 Å². The van der Waals surface area contributed by atoms with Gasteiger partial charge in [-0.15, -0.1) is 0 Å². The summed E-state index contributed by atoms with van der Waals surface area (Å²) in [4.78, 5) is 10.8. The number of alkyl halides is 3. The Kier molecular flexibility index (Phi) is 5.92. The molecule has 1 aromatic rings. The van der Waals surface area contributed by atoms with Crippen molar-refractivity contribution in [3.63, 3.8) is 0 Å². The van der Waals surface area contributed by atoms with Crippen LogP contribution in [-0.4, -0.2) is 28.2 Å². The van der Waals surface area contributed by atoms with Gasteiger partial charge in [0.2, 0.25) is 5.91 Å². The molecule has 0 heterocycles. The van der Waals surface area contributed by atoms with E-state index in [0.717, 1.165) is 24.3 Å². The fourth-order valence-corrected chi connectivity index (χ4v) is 2.84. The lowest BCUT2D eigenvalue weighted by molar-refractivity contribution is -0.120. The minimum absolute atomic E-state index is 0.226. The molecular weight excluding hydrogens is 324 g/mol. The minimum Gasteiger partial charge on any atom is -0.352 e. The van der Waals surface area contributed by atoms with Crippen molar-refractivity contribution in [1.82, 2.24) is 5.32 Å². The highest BCUT2D eigenvalue weighted by Crippen LogP contribution is 2.32. The molecule has 1 rings (SSSR count). The molecule has 22 heavy (non-hydrogen) atoms. The molecule has 1 N–H and O–H groups in total. The molecule has 0 aliphatic rings. The number of amides is 1. The van der Waals surface area contributed by atoms with Crippen molar-refractivity contribution in [3.8, 4) is 0 Å². The van der Waals surface area contributed by atoms with Crippen molar-refractivity contribution >= 4 is 15.6 Å². The molecule has 1 amide bonds. The maximum Gasteiger partial charge on any atom is 0.483 e. The Balaban J connectivity index is 3.13. The minimum atomic E-state index is -5.17. The van der Waals surface area contributed by atoms with Crippen LogP contribution in [0.3, 0.4) is 0 Å². The van der Waals surface area contributed by atoms with Crippen LogP contribution >= 0.6 is 0 Å². The first-order chi connectivity index (χ1) is 10.1. The van der Waals surface area contributed by atoms with Gasteiger partial charge in [0, 0.05) is 6.04 Å². The number of rotatable bonds is 5. The fourth-order valence-electron chi connectivity index (χ4n) is 1.47. The summed E-state index contributed by atoms with van der Waals surface area (Å²) in [6, 6.07) is 2.79. The molecule has 0 aromatic heterocycles. The number of carbonyl (C=O) groups excluding carboxylic acids is 1. The van der Waals surface area contributed by atoms with Gasteiger partial charge in [-0.3, -0.25) is 4.79 Å². The molecule has 4 nitrogen and oxygen atoms in total. The molecule has 0 saturated heterocycles. The van der Waals surface area contributed by atoms with E-state index in [-0.39, 0.29) is 6.04 Å². The van der Waals surface area contributed by atoms with Crippen molar-refractivity contribution in [2.24, 2.45) is 4.36 Å². The normalized spacial score (nSPS) is 15.7. The summed E-state index contributed by atoms with van der Waals surface area (Å²) >= 11 is 0. The van der Waals surface area contributed by atoms with Crippen LogP contribution in [0.1, 0.15) is 20.3 Å². The van der Waals surface area contributed by atoms with Gasteiger partial charge in [0.25, 0.3) is 0 Å². The number of nitrogens with zero attached hydrogens (tertiary/aromatic N) is 1. The summed E-state index contributed by atoms with van der Waals surface area (Å²) in [6.07, 6.45) is 0.596. The van der Waals surface area contributed by atoms with Gasteiger partial charge < -0.3 is 5.32 Å². The average Bonchev–Trinajstić information content (AvgIpc) is 2.44. The summed E-state index contributed by atoms with van der Waals surface area (Å²) < 4.78 is 67.3. The van der Waals surface area contributed by atoms with E-state index in [4.69, 9.17) is 0 Å². The van der Waals surface area contributed by atoms with Crippen LogP contribution in [0.5, 0.6) is 0 Å². The summed E-state index contributed by atoms with van der Waals surface area (Å²) in [5, 5.41) is 2.43. The van der Waals surface area contributed by atoms with Gasteiger partial charge in [0.15, 0.2) is 9.73 Å². The molecule has 0 aliphatic carbocycles. The zero-order valence-corrected chi connectivity index (χ0v) is 12.8. The van der Waals surface area contributed by atoms with Crippen LogP contribution in [0.2, 0.25) is 0 Å². The summed E-state index contributed by atoms with van der Waals surface area (Å²) in [5.74, 6) is -1.52. The second kappa shape index (κ2) is 7.08. The molecule has 0 bridgehead atoms. The average molecular weight is 340 g/mol. The van der Waals surface area contributed by atoms with E-state index in [2.05, 4.69) is 9.68 Å². The van der Waals surface area contributed by atoms with Gasteiger partial charge in [-0.05, 0) is 37.6 Å². The van der Waals surface area contributed by atoms with Crippen molar-refractivity contribution in [2.75, 3.05) is 6.54 Å². The standard InChI is InChI=1S/C13H16F4N2O2S/c1-3-9(2)19-12(20)8-18-22(21,13(15,16)17)11-6-4-10(14)5-7-11/h4-7,9H,3,8H2,1-2H3,(H,19,20). The lowest BCUT2D eigenvalue weighted by atomic mass is 10.2. The van der Waals surface area contributed by atoms with Gasteiger partial charge in [-0.2, -0.15) is 13.2 Å². The van der Waals surface area contributed by atoms with Gasteiger partial charge in [-0.1, -0.05) is 6.92 Å². The zero-order valence-electron chi connectivity index (χ0n) is 12.0. The fraction of sp³-hybridized carbons (Fsp3) is 0.462. The van der Waals surface area contributed by atoms with Crippen molar-refractivity contribution in [2.45, 2.75) is 36.7 Å². The number of carbonyl (C=O) groups is 1. The lowest BCUT2D eigenvalue weighted by Crippen LogP contribution is -2.34. The van der Waals surface area contributed by atoms with Crippen LogP contribution in [0, 0.1) is 5.82 Å². The molecule has 0 aliphatic heterocycles. The first-order valence-corrected chi connectivity index (χ1v) is 7.96. The Labute approximate surface area is 126 Å². The highest BCUT2D eigenvalue weighted by molar-refractivity contribution is 7.94. The molecule has 0 fully saturated rings. The predicted molar refractivity (Wildman–Crippen MR) is 74.1 cm³/mol. The number of hydrogen-bond acceptors (Lipinski definition) is 3. The van der Waals surface area contributed by atoms with Gasteiger partial charge in [-0.25, -0.2) is 13.0 Å². The van der Waals surface area contributed by atoms with Crippen LogP contribution in [0.25, 0.3) is 0 Å². The Hall–Kier alpha value is -1.64. The van der Waals surface area contributed by atoms with Gasteiger partial charge >= 0.3 is 5.51 Å². The molecule has 124 valence electrons. The number of halogens is 4. The quantitative estimate of drug-likeness (QED) is 0.838. The third-order valence-electron chi connectivity index (χ3n) is 2.86. The SMILES string of the molecule is CCC(C)NC(=O)CN=S(=O)(c1ccc(F)cc1)C(F)(F)F. The molecular formula is C13H16F4N2O2S. The summed E-state index contributed by atoms with van der Waals surface area (Å²) in [7, 11) is -4.84.